The smallest absolute Gasteiger partial charge is 0.308 e. The van der Waals surface area contributed by atoms with Crippen LogP contribution in [0.1, 0.15) is 54.1 Å². The number of hydrogen-bond donors (Lipinski definition) is 2. The number of fused-ring (bicyclic) bond motifs is 1. The molecule has 3 aromatic rings. The molecule has 1 aromatic carbocycles. The number of nitrogens with zero attached hydrogens (tertiary/aromatic N) is 2. The highest BCUT2D eigenvalue weighted by molar-refractivity contribution is 7.92. The topological polar surface area (TPSA) is 139 Å². The van der Waals surface area contributed by atoms with Crippen LogP contribution in [0, 0.1) is 5.92 Å². The Hall–Kier alpha value is -3.70. The number of carbonyl (C=O) groups excluding carboxylic acids is 1. The predicted molar refractivity (Wildman–Crippen MR) is 154 cm³/mol. The summed E-state index contributed by atoms with van der Waals surface area (Å²) in [6, 6.07) is 9.52. The van der Waals surface area contributed by atoms with Crippen molar-refractivity contribution >= 4 is 44.4 Å². The Morgan fingerprint density at radius 3 is 2.48 bits per heavy atom. The second-order valence-corrected chi connectivity index (χ2v) is 11.8. The zero-order valence-electron chi connectivity index (χ0n) is 23.2. The first-order valence-electron chi connectivity index (χ1n) is 13.3. The first-order valence-corrected chi connectivity index (χ1v) is 15.1. The summed E-state index contributed by atoms with van der Waals surface area (Å²) < 4.78 is 38.3. The summed E-state index contributed by atoms with van der Waals surface area (Å²) in [5.74, 6) is -1.34. The number of ether oxygens (including phenoxy) is 1. The number of hydrogen-bond acceptors (Lipinski definition) is 7. The number of anilines is 1. The molecule has 0 saturated heterocycles. The van der Waals surface area contributed by atoms with E-state index >= 15 is 0 Å². The van der Waals surface area contributed by atoms with Gasteiger partial charge in [0.05, 0.1) is 29.7 Å². The molecule has 1 unspecified atom stereocenters. The van der Waals surface area contributed by atoms with Gasteiger partial charge < -0.3 is 19.6 Å². The minimum Gasteiger partial charge on any atom is -0.481 e. The van der Waals surface area contributed by atoms with Crippen molar-refractivity contribution in [2.45, 2.75) is 39.0 Å². The van der Waals surface area contributed by atoms with Crippen molar-refractivity contribution < 1.29 is 32.3 Å². The van der Waals surface area contributed by atoms with E-state index in [0.29, 0.717) is 53.5 Å². The van der Waals surface area contributed by atoms with Crippen LogP contribution in [0.25, 0.3) is 28.0 Å². The van der Waals surface area contributed by atoms with Crippen LogP contribution < -0.4 is 9.62 Å². The summed E-state index contributed by atoms with van der Waals surface area (Å²) >= 11 is 0. The number of benzene rings is 1. The van der Waals surface area contributed by atoms with Gasteiger partial charge in [0.2, 0.25) is 15.7 Å². The maximum Gasteiger partial charge on any atom is 0.308 e. The molecule has 214 valence electrons. The van der Waals surface area contributed by atoms with E-state index in [-0.39, 0.29) is 30.6 Å². The molecule has 10 nitrogen and oxygen atoms in total. The van der Waals surface area contributed by atoms with Crippen molar-refractivity contribution in [3.05, 3.63) is 53.1 Å². The number of nitrogens with one attached hydrogen (secondary N) is 1. The summed E-state index contributed by atoms with van der Waals surface area (Å²) in [5, 5.41) is 12.6. The molecule has 4 rings (SSSR count). The number of carboxylic acid groups (broad SMARTS) is 1. The van der Waals surface area contributed by atoms with Gasteiger partial charge in [-0.25, -0.2) is 8.42 Å². The quantitative estimate of drug-likeness (QED) is 0.271. The molecule has 1 amide bonds. The minimum atomic E-state index is -3.74. The lowest BCUT2D eigenvalue weighted by Gasteiger charge is -2.23. The molecular formula is C29H35N3O7S. The number of aliphatic carboxylic acids is 1. The molecule has 0 radical (unpaired) electrons. The van der Waals surface area contributed by atoms with Gasteiger partial charge in [0.25, 0.3) is 5.91 Å². The summed E-state index contributed by atoms with van der Waals surface area (Å²) in [4.78, 5) is 29.2. The molecular weight excluding hydrogens is 534 g/mol. The van der Waals surface area contributed by atoms with Gasteiger partial charge in [-0.15, -0.1) is 0 Å². The Morgan fingerprint density at radius 2 is 1.93 bits per heavy atom. The Morgan fingerprint density at radius 1 is 1.23 bits per heavy atom. The Labute approximate surface area is 234 Å². The lowest BCUT2D eigenvalue weighted by Crippen LogP contribution is -2.32. The third kappa shape index (κ3) is 6.37. The van der Waals surface area contributed by atoms with E-state index in [1.807, 2.05) is 30.3 Å². The van der Waals surface area contributed by atoms with Crippen LogP contribution in [0.2, 0.25) is 0 Å². The minimum absolute atomic E-state index is 0.0946. The molecule has 40 heavy (non-hydrogen) atoms. The highest BCUT2D eigenvalue weighted by Crippen LogP contribution is 2.42. The molecule has 11 heteroatoms. The first-order chi connectivity index (χ1) is 19.1. The number of allylic oxidation sites excluding steroid dienone is 2. The third-order valence-corrected chi connectivity index (χ3v) is 8.17. The number of furan rings is 1. The number of methoxy groups -OCH3 is 1. The van der Waals surface area contributed by atoms with Crippen molar-refractivity contribution in [3.63, 3.8) is 0 Å². The Kier molecular flexibility index (Phi) is 8.95. The van der Waals surface area contributed by atoms with Crippen LogP contribution in [0.15, 0.2) is 40.8 Å². The Balaban J connectivity index is 1.75. The van der Waals surface area contributed by atoms with Gasteiger partial charge >= 0.3 is 5.97 Å². The van der Waals surface area contributed by atoms with Crippen LogP contribution in [0.3, 0.4) is 0 Å². The number of aromatic nitrogens is 1. The lowest BCUT2D eigenvalue weighted by atomic mass is 10.0. The molecule has 2 aromatic heterocycles. The van der Waals surface area contributed by atoms with Gasteiger partial charge in [0.15, 0.2) is 5.82 Å². The number of rotatable bonds is 14. The maximum absolute atomic E-state index is 13.0. The number of sulfonamides is 1. The summed E-state index contributed by atoms with van der Waals surface area (Å²) in [6.45, 7) is 2.27. The number of amides is 1. The molecule has 0 aliphatic heterocycles. The molecule has 1 atom stereocenters. The van der Waals surface area contributed by atoms with Gasteiger partial charge in [-0.3, -0.25) is 13.9 Å². The van der Waals surface area contributed by atoms with Gasteiger partial charge in [0, 0.05) is 31.8 Å². The van der Waals surface area contributed by atoms with Gasteiger partial charge in [-0.1, -0.05) is 43.7 Å². The second kappa shape index (κ2) is 12.2. The number of carbonyl (C=O) groups is 2. The average molecular weight is 570 g/mol. The average Bonchev–Trinajstić information content (AvgIpc) is 3.70. The lowest BCUT2D eigenvalue weighted by molar-refractivity contribution is -0.143. The summed E-state index contributed by atoms with van der Waals surface area (Å²) in [7, 11) is -0.747. The normalized spacial score (nSPS) is 13.7. The molecule has 0 spiro atoms. The van der Waals surface area contributed by atoms with E-state index in [9.17, 15) is 23.1 Å². The van der Waals surface area contributed by atoms with E-state index in [1.165, 1.54) is 11.4 Å². The first kappa shape index (κ1) is 29.3. The predicted octanol–water partition coefficient (Wildman–Crippen LogP) is 4.49. The molecule has 1 aliphatic rings. The SMILES string of the molecule is CCc1ccc(-c2oc3nc(N(CCCCC(COC)C(=O)O)S(C)(=O)=O)c(C4=CC4)cc3c2C(=O)NC)cc1. The van der Waals surface area contributed by atoms with Crippen LogP contribution in [-0.4, -0.2) is 63.9 Å². The van der Waals surface area contributed by atoms with Crippen LogP contribution >= 0.6 is 0 Å². The van der Waals surface area contributed by atoms with E-state index in [0.717, 1.165) is 23.8 Å². The number of pyridine rings is 1. The summed E-state index contributed by atoms with van der Waals surface area (Å²) in [6.07, 6.45) is 5.93. The van der Waals surface area contributed by atoms with Crippen molar-refractivity contribution in [2.75, 3.05) is 37.9 Å². The van der Waals surface area contributed by atoms with E-state index < -0.39 is 21.9 Å². The zero-order valence-corrected chi connectivity index (χ0v) is 24.0. The van der Waals surface area contributed by atoms with E-state index in [4.69, 9.17) is 9.15 Å². The number of aryl methyl sites for hydroxylation is 1. The molecule has 0 fully saturated rings. The maximum atomic E-state index is 13.0. The third-order valence-electron chi connectivity index (χ3n) is 7.01. The monoisotopic (exact) mass is 569 g/mol. The van der Waals surface area contributed by atoms with Crippen LogP contribution in [0.4, 0.5) is 5.82 Å². The van der Waals surface area contributed by atoms with Crippen molar-refractivity contribution in [2.24, 2.45) is 5.92 Å². The summed E-state index contributed by atoms with van der Waals surface area (Å²) in [5.41, 5.74) is 3.92. The number of carboxylic acids is 1. The zero-order chi connectivity index (χ0) is 29.0. The highest BCUT2D eigenvalue weighted by atomic mass is 32.2. The standard InChI is InChI=1S/C29H35N3O7S/c1-5-18-9-11-20(12-10-18)25-24(27(33)30-2)23-16-22(19-13-14-19)26(31-28(23)39-25)32(40(4,36)37)15-7-6-8-21(17-38-3)29(34)35/h9-13,16,21H,5-8,14-15,17H2,1-4H3,(H,30,33)(H,34,35). The Bertz CT molecular complexity index is 1540. The largest absolute Gasteiger partial charge is 0.481 e. The molecule has 0 bridgehead atoms. The fourth-order valence-corrected chi connectivity index (χ4v) is 5.63. The fraction of sp³-hybridized carbons (Fsp3) is 0.414. The van der Waals surface area contributed by atoms with Gasteiger partial charge in [0.1, 0.15) is 5.76 Å². The van der Waals surface area contributed by atoms with Crippen molar-refractivity contribution in [1.29, 1.82) is 0 Å². The molecule has 2 heterocycles. The van der Waals surface area contributed by atoms with Crippen LogP contribution in [-0.2, 0) is 26.0 Å². The molecule has 2 N–H and O–H groups in total. The number of unbranched alkanes of at least 4 members (excludes halogenated alkanes) is 1. The van der Waals surface area contributed by atoms with Crippen molar-refractivity contribution in [3.8, 4) is 11.3 Å². The molecule has 0 saturated carbocycles. The highest BCUT2D eigenvalue weighted by Gasteiger charge is 2.30. The second-order valence-electron chi connectivity index (χ2n) is 9.90. The fourth-order valence-electron chi connectivity index (χ4n) is 4.71. The van der Waals surface area contributed by atoms with Gasteiger partial charge in [-0.05, 0) is 42.9 Å². The van der Waals surface area contributed by atoms with Crippen LogP contribution in [0.5, 0.6) is 0 Å². The van der Waals surface area contributed by atoms with Crippen molar-refractivity contribution in [1.82, 2.24) is 10.3 Å². The van der Waals surface area contributed by atoms with E-state index in [1.54, 1.807) is 13.1 Å². The molecule has 1 aliphatic carbocycles. The van der Waals surface area contributed by atoms with Gasteiger partial charge in [-0.2, -0.15) is 4.98 Å². The van der Waals surface area contributed by atoms with E-state index in [2.05, 4.69) is 17.2 Å².